The average molecular weight is 340 g/mol. The van der Waals surface area contributed by atoms with Gasteiger partial charge in [-0.1, -0.05) is 12.1 Å². The smallest absolute Gasteiger partial charge is 0.325 e. The van der Waals surface area contributed by atoms with Gasteiger partial charge in [0.25, 0.3) is 5.91 Å². The molecule has 1 N–H and O–H groups in total. The third-order valence-electron chi connectivity index (χ3n) is 4.11. The zero-order valence-electron chi connectivity index (χ0n) is 14.2. The maximum atomic E-state index is 12.4. The van der Waals surface area contributed by atoms with Crippen LogP contribution in [0.5, 0.6) is 5.75 Å². The molecule has 7 nitrogen and oxygen atoms in total. The number of hydrogen-bond donors (Lipinski definition) is 1. The van der Waals surface area contributed by atoms with Crippen molar-refractivity contribution in [3.05, 3.63) is 48.2 Å². The fourth-order valence-corrected chi connectivity index (χ4v) is 2.74. The average Bonchev–Trinajstić information content (AvgIpc) is 3.02. The van der Waals surface area contributed by atoms with E-state index in [0.29, 0.717) is 42.5 Å². The summed E-state index contributed by atoms with van der Waals surface area (Å²) in [6.07, 6.45) is 1.55. The number of pyridine rings is 1. The number of benzene rings is 1. The van der Waals surface area contributed by atoms with Crippen molar-refractivity contribution in [3.63, 3.8) is 0 Å². The van der Waals surface area contributed by atoms with Crippen LogP contribution in [-0.2, 0) is 0 Å². The maximum absolute atomic E-state index is 12.4. The SMILES string of the molecule is CCN1CCN(c2ccc(NC(=O)c3ccccc3OC)cn2)C1=O. The van der Waals surface area contributed by atoms with E-state index < -0.39 is 0 Å². The Bertz CT molecular complexity index is 776. The van der Waals surface area contributed by atoms with E-state index in [0.717, 1.165) is 0 Å². The molecule has 25 heavy (non-hydrogen) atoms. The molecular weight excluding hydrogens is 320 g/mol. The molecule has 0 radical (unpaired) electrons. The molecule has 2 aromatic rings. The number of hydrogen-bond acceptors (Lipinski definition) is 4. The van der Waals surface area contributed by atoms with Gasteiger partial charge in [0.15, 0.2) is 0 Å². The minimum Gasteiger partial charge on any atom is -0.496 e. The number of carbonyl (C=O) groups is 2. The van der Waals surface area contributed by atoms with Crippen LogP contribution in [0, 0.1) is 0 Å². The second-order valence-electron chi connectivity index (χ2n) is 5.57. The number of urea groups is 1. The molecule has 2 heterocycles. The summed E-state index contributed by atoms with van der Waals surface area (Å²) in [7, 11) is 1.52. The molecule has 3 amide bonds. The zero-order chi connectivity index (χ0) is 17.8. The first-order valence-corrected chi connectivity index (χ1v) is 8.11. The van der Waals surface area contributed by atoms with Gasteiger partial charge < -0.3 is 15.0 Å². The Morgan fingerprint density at radius 3 is 2.68 bits per heavy atom. The largest absolute Gasteiger partial charge is 0.496 e. The van der Waals surface area contributed by atoms with Crippen molar-refractivity contribution >= 4 is 23.4 Å². The summed E-state index contributed by atoms with van der Waals surface area (Å²) in [6, 6.07) is 10.4. The molecule has 1 aliphatic heterocycles. The third-order valence-corrected chi connectivity index (χ3v) is 4.11. The lowest BCUT2D eigenvalue weighted by Crippen LogP contribution is -2.32. The minimum atomic E-state index is -0.276. The lowest BCUT2D eigenvalue weighted by molar-refractivity contribution is 0.102. The number of methoxy groups -OCH3 is 1. The Labute approximate surface area is 146 Å². The Balaban J connectivity index is 1.71. The number of para-hydroxylation sites is 1. The first-order valence-electron chi connectivity index (χ1n) is 8.11. The lowest BCUT2D eigenvalue weighted by Gasteiger charge is -2.16. The molecule has 1 saturated heterocycles. The maximum Gasteiger partial charge on any atom is 0.325 e. The molecule has 3 rings (SSSR count). The number of aromatic nitrogens is 1. The van der Waals surface area contributed by atoms with Crippen molar-refractivity contribution in [3.8, 4) is 5.75 Å². The zero-order valence-corrected chi connectivity index (χ0v) is 14.2. The van der Waals surface area contributed by atoms with Crippen molar-refractivity contribution in [1.82, 2.24) is 9.88 Å². The molecule has 1 aromatic carbocycles. The summed E-state index contributed by atoms with van der Waals surface area (Å²) in [5.74, 6) is 0.810. The molecule has 1 aromatic heterocycles. The monoisotopic (exact) mass is 340 g/mol. The molecule has 0 atom stereocenters. The standard InChI is InChI=1S/C18H20N4O3/c1-3-21-10-11-22(18(21)24)16-9-8-13(12-19-16)20-17(23)14-6-4-5-7-15(14)25-2/h4-9,12H,3,10-11H2,1-2H3,(H,20,23). The molecule has 0 aliphatic carbocycles. The fraction of sp³-hybridized carbons (Fsp3) is 0.278. The van der Waals surface area contributed by atoms with Gasteiger partial charge in [-0.3, -0.25) is 9.69 Å². The van der Waals surface area contributed by atoms with Crippen LogP contribution in [0.25, 0.3) is 0 Å². The highest BCUT2D eigenvalue weighted by molar-refractivity contribution is 6.06. The number of ether oxygens (including phenoxy) is 1. The number of anilines is 2. The highest BCUT2D eigenvalue weighted by Gasteiger charge is 2.28. The van der Waals surface area contributed by atoms with Crippen molar-refractivity contribution in [2.45, 2.75) is 6.92 Å². The number of nitrogens with one attached hydrogen (secondary N) is 1. The Kier molecular flexibility index (Phi) is 4.83. The molecule has 1 aliphatic rings. The summed E-state index contributed by atoms with van der Waals surface area (Å²) < 4.78 is 5.20. The molecule has 7 heteroatoms. The van der Waals surface area contributed by atoms with Crippen LogP contribution in [0.1, 0.15) is 17.3 Å². The number of amides is 3. The van der Waals surface area contributed by atoms with Crippen molar-refractivity contribution in [2.75, 3.05) is 37.0 Å². The van der Waals surface area contributed by atoms with Gasteiger partial charge in [0, 0.05) is 19.6 Å². The van der Waals surface area contributed by atoms with Crippen LogP contribution >= 0.6 is 0 Å². The number of rotatable bonds is 5. The summed E-state index contributed by atoms with van der Waals surface area (Å²) in [5, 5.41) is 2.79. The second kappa shape index (κ2) is 7.21. The number of carbonyl (C=O) groups excluding carboxylic acids is 2. The minimum absolute atomic E-state index is 0.0409. The summed E-state index contributed by atoms with van der Waals surface area (Å²) in [6.45, 7) is 3.95. The Hall–Kier alpha value is -3.09. The second-order valence-corrected chi connectivity index (χ2v) is 5.57. The normalized spacial score (nSPS) is 13.9. The van der Waals surface area contributed by atoms with Gasteiger partial charge in [-0.05, 0) is 31.2 Å². The van der Waals surface area contributed by atoms with E-state index >= 15 is 0 Å². The molecule has 0 bridgehead atoms. The van der Waals surface area contributed by atoms with Crippen LogP contribution in [0.15, 0.2) is 42.6 Å². The van der Waals surface area contributed by atoms with Gasteiger partial charge >= 0.3 is 6.03 Å². The van der Waals surface area contributed by atoms with Gasteiger partial charge in [0.05, 0.1) is 24.6 Å². The van der Waals surface area contributed by atoms with E-state index in [-0.39, 0.29) is 11.9 Å². The molecule has 0 spiro atoms. The molecular formula is C18H20N4O3. The van der Waals surface area contributed by atoms with E-state index in [2.05, 4.69) is 10.3 Å². The lowest BCUT2D eigenvalue weighted by atomic mass is 10.2. The third kappa shape index (κ3) is 3.40. The summed E-state index contributed by atoms with van der Waals surface area (Å²) in [4.78, 5) is 32.3. The van der Waals surface area contributed by atoms with Crippen molar-refractivity contribution in [2.24, 2.45) is 0 Å². The first-order chi connectivity index (χ1) is 12.1. The first kappa shape index (κ1) is 16.8. The number of likely N-dealkylation sites (N-methyl/N-ethyl adjacent to an activating group) is 1. The van der Waals surface area contributed by atoms with E-state index in [9.17, 15) is 9.59 Å². The quantitative estimate of drug-likeness (QED) is 0.908. The topological polar surface area (TPSA) is 74.8 Å². The van der Waals surface area contributed by atoms with Gasteiger partial charge in [0.2, 0.25) is 0 Å². The van der Waals surface area contributed by atoms with E-state index in [1.807, 2.05) is 6.92 Å². The fourth-order valence-electron chi connectivity index (χ4n) is 2.74. The van der Waals surface area contributed by atoms with Crippen LogP contribution in [0.2, 0.25) is 0 Å². The van der Waals surface area contributed by atoms with E-state index in [1.54, 1.807) is 52.4 Å². The highest BCUT2D eigenvalue weighted by Crippen LogP contribution is 2.21. The van der Waals surface area contributed by atoms with Gasteiger partial charge in [-0.15, -0.1) is 0 Å². The van der Waals surface area contributed by atoms with E-state index in [4.69, 9.17) is 4.74 Å². The van der Waals surface area contributed by atoms with Gasteiger partial charge in [-0.25, -0.2) is 9.78 Å². The van der Waals surface area contributed by atoms with E-state index in [1.165, 1.54) is 7.11 Å². The number of nitrogens with zero attached hydrogens (tertiary/aromatic N) is 3. The van der Waals surface area contributed by atoms with Crippen molar-refractivity contribution in [1.29, 1.82) is 0 Å². The molecule has 0 unspecified atom stereocenters. The van der Waals surface area contributed by atoms with Crippen LogP contribution in [0.3, 0.4) is 0 Å². The Morgan fingerprint density at radius 1 is 1.24 bits per heavy atom. The Morgan fingerprint density at radius 2 is 2.04 bits per heavy atom. The molecule has 1 fully saturated rings. The predicted molar refractivity (Wildman–Crippen MR) is 95.2 cm³/mol. The summed E-state index contributed by atoms with van der Waals surface area (Å²) in [5.41, 5.74) is 1.00. The van der Waals surface area contributed by atoms with Gasteiger partial charge in [-0.2, -0.15) is 0 Å². The van der Waals surface area contributed by atoms with Crippen LogP contribution in [-0.4, -0.2) is 48.6 Å². The highest BCUT2D eigenvalue weighted by atomic mass is 16.5. The molecule has 0 saturated carbocycles. The molecule has 130 valence electrons. The van der Waals surface area contributed by atoms with Gasteiger partial charge in [0.1, 0.15) is 11.6 Å². The van der Waals surface area contributed by atoms with Crippen LogP contribution < -0.4 is 15.0 Å². The predicted octanol–water partition coefficient (Wildman–Crippen LogP) is 2.60. The van der Waals surface area contributed by atoms with Crippen molar-refractivity contribution < 1.29 is 14.3 Å². The summed E-state index contributed by atoms with van der Waals surface area (Å²) >= 11 is 0. The van der Waals surface area contributed by atoms with Crippen LogP contribution in [0.4, 0.5) is 16.3 Å².